The van der Waals surface area contributed by atoms with Crippen LogP contribution in [-0.4, -0.2) is 22.7 Å². The van der Waals surface area contributed by atoms with Crippen LogP contribution in [0.3, 0.4) is 0 Å². The molecular weight excluding hydrogens is 282 g/mol. The number of carboxylic acid groups (broad SMARTS) is 1. The summed E-state index contributed by atoms with van der Waals surface area (Å²) >= 11 is 0. The van der Waals surface area contributed by atoms with Gasteiger partial charge in [0.15, 0.2) is 0 Å². The van der Waals surface area contributed by atoms with Crippen molar-refractivity contribution in [3.8, 4) is 0 Å². The first-order chi connectivity index (χ1) is 10.4. The summed E-state index contributed by atoms with van der Waals surface area (Å²) in [5.41, 5.74) is -0.340. The summed E-state index contributed by atoms with van der Waals surface area (Å²) in [5.74, 6) is -0.267. The van der Waals surface area contributed by atoms with Gasteiger partial charge in [0.25, 0.3) is 0 Å². The summed E-state index contributed by atoms with van der Waals surface area (Å²) in [6.45, 7) is 4.27. The van der Waals surface area contributed by atoms with Crippen LogP contribution in [0.2, 0.25) is 0 Å². The zero-order valence-electron chi connectivity index (χ0n) is 13.0. The number of alkyl carbamates (subject to hydrolysis) is 1. The zero-order chi connectivity index (χ0) is 16.2. The Bertz CT molecular complexity index is 531. The van der Waals surface area contributed by atoms with E-state index in [1.165, 1.54) is 0 Å². The van der Waals surface area contributed by atoms with Crippen LogP contribution in [0, 0.1) is 11.8 Å². The normalized spacial score (nSPS) is 27.9. The van der Waals surface area contributed by atoms with Gasteiger partial charge in [0.05, 0.1) is 0 Å². The summed E-state index contributed by atoms with van der Waals surface area (Å²) in [6, 6.07) is 9.31. The number of amides is 1. The summed E-state index contributed by atoms with van der Waals surface area (Å²) in [6.07, 6.45) is 0.984. The molecule has 0 heterocycles. The maximum atomic E-state index is 12.0. The average molecular weight is 305 g/mol. The fraction of sp³-hybridized carbons (Fsp3) is 0.529. The first-order valence-electron chi connectivity index (χ1n) is 7.65. The SMILES string of the molecule is CC1CCC(NC(=O)OCc2ccccc2)(C(=O)O)CC1C. The van der Waals surface area contributed by atoms with E-state index in [-0.39, 0.29) is 12.5 Å². The van der Waals surface area contributed by atoms with Gasteiger partial charge in [0.2, 0.25) is 0 Å². The summed E-state index contributed by atoms with van der Waals surface area (Å²) in [4.78, 5) is 23.7. The molecule has 1 amide bonds. The predicted octanol–water partition coefficient (Wildman–Crippen LogP) is 3.19. The molecule has 2 N–H and O–H groups in total. The minimum Gasteiger partial charge on any atom is -0.480 e. The van der Waals surface area contributed by atoms with Crippen LogP contribution >= 0.6 is 0 Å². The number of ether oxygens (including phenoxy) is 1. The molecule has 22 heavy (non-hydrogen) atoms. The number of hydrogen-bond donors (Lipinski definition) is 2. The fourth-order valence-corrected chi connectivity index (χ4v) is 2.93. The van der Waals surface area contributed by atoms with Crippen molar-refractivity contribution in [2.24, 2.45) is 11.8 Å². The second kappa shape index (κ2) is 6.81. The smallest absolute Gasteiger partial charge is 0.408 e. The topological polar surface area (TPSA) is 75.6 Å². The van der Waals surface area contributed by atoms with E-state index < -0.39 is 17.6 Å². The van der Waals surface area contributed by atoms with Crippen molar-refractivity contribution in [3.05, 3.63) is 35.9 Å². The molecule has 120 valence electrons. The van der Waals surface area contributed by atoms with Crippen molar-refractivity contribution in [2.75, 3.05) is 0 Å². The van der Waals surface area contributed by atoms with E-state index in [1.807, 2.05) is 37.3 Å². The van der Waals surface area contributed by atoms with Gasteiger partial charge in [-0.05, 0) is 36.7 Å². The van der Waals surface area contributed by atoms with Gasteiger partial charge in [-0.15, -0.1) is 0 Å². The van der Waals surface area contributed by atoms with Crippen LogP contribution < -0.4 is 5.32 Å². The van der Waals surface area contributed by atoms with E-state index in [2.05, 4.69) is 12.2 Å². The van der Waals surface area contributed by atoms with E-state index in [1.54, 1.807) is 0 Å². The third-order valence-corrected chi connectivity index (χ3v) is 4.63. The Morgan fingerprint density at radius 3 is 2.55 bits per heavy atom. The van der Waals surface area contributed by atoms with Crippen molar-refractivity contribution < 1.29 is 19.4 Å². The molecule has 0 saturated heterocycles. The van der Waals surface area contributed by atoms with Crippen LogP contribution in [0.25, 0.3) is 0 Å². The molecular formula is C17H23NO4. The zero-order valence-corrected chi connectivity index (χ0v) is 13.0. The number of carboxylic acids is 1. The lowest BCUT2D eigenvalue weighted by Crippen LogP contribution is -2.57. The molecule has 3 unspecified atom stereocenters. The Hall–Kier alpha value is -2.04. The molecule has 2 rings (SSSR count). The lowest BCUT2D eigenvalue weighted by atomic mass is 9.71. The molecule has 5 heteroatoms. The van der Waals surface area contributed by atoms with Crippen LogP contribution in [0.1, 0.15) is 38.7 Å². The molecule has 1 fully saturated rings. The Balaban J connectivity index is 1.96. The number of benzene rings is 1. The molecule has 0 aromatic heterocycles. The van der Waals surface area contributed by atoms with Crippen molar-refractivity contribution in [1.82, 2.24) is 5.32 Å². The van der Waals surface area contributed by atoms with Crippen molar-refractivity contribution in [2.45, 2.75) is 45.3 Å². The number of carbonyl (C=O) groups excluding carboxylic acids is 1. The molecule has 1 aromatic rings. The number of aliphatic carboxylic acids is 1. The van der Waals surface area contributed by atoms with Crippen molar-refractivity contribution in [1.29, 1.82) is 0 Å². The lowest BCUT2D eigenvalue weighted by Gasteiger charge is -2.39. The second-order valence-corrected chi connectivity index (χ2v) is 6.27. The third kappa shape index (κ3) is 3.78. The highest BCUT2D eigenvalue weighted by atomic mass is 16.5. The number of hydrogen-bond acceptors (Lipinski definition) is 3. The lowest BCUT2D eigenvalue weighted by molar-refractivity contribution is -0.147. The van der Waals surface area contributed by atoms with Crippen molar-refractivity contribution >= 4 is 12.1 Å². The standard InChI is InChI=1S/C17H23NO4/c1-12-8-9-17(15(19)20,10-13(12)2)18-16(21)22-11-14-6-4-3-5-7-14/h3-7,12-13H,8-11H2,1-2H3,(H,18,21)(H,19,20). The number of nitrogens with one attached hydrogen (secondary N) is 1. The summed E-state index contributed by atoms with van der Waals surface area (Å²) in [7, 11) is 0. The van der Waals surface area contributed by atoms with Gasteiger partial charge in [-0.2, -0.15) is 0 Å². The number of rotatable bonds is 4. The molecule has 1 aliphatic rings. The molecule has 0 aliphatic heterocycles. The van der Waals surface area contributed by atoms with Gasteiger partial charge in [-0.3, -0.25) is 0 Å². The fourth-order valence-electron chi connectivity index (χ4n) is 2.93. The molecule has 5 nitrogen and oxygen atoms in total. The van der Waals surface area contributed by atoms with E-state index in [9.17, 15) is 14.7 Å². The molecule has 0 radical (unpaired) electrons. The molecule has 0 bridgehead atoms. The maximum Gasteiger partial charge on any atom is 0.408 e. The van der Waals surface area contributed by atoms with Gasteiger partial charge in [0.1, 0.15) is 12.1 Å². The molecule has 1 aromatic carbocycles. The van der Waals surface area contributed by atoms with E-state index >= 15 is 0 Å². The molecule has 0 spiro atoms. The minimum atomic E-state index is -1.21. The minimum absolute atomic E-state index is 0.133. The van der Waals surface area contributed by atoms with Crippen LogP contribution in [0.5, 0.6) is 0 Å². The van der Waals surface area contributed by atoms with Gasteiger partial charge >= 0.3 is 12.1 Å². The van der Waals surface area contributed by atoms with Crippen molar-refractivity contribution in [3.63, 3.8) is 0 Å². The van der Waals surface area contributed by atoms with Crippen LogP contribution in [-0.2, 0) is 16.1 Å². The Labute approximate surface area is 130 Å². The van der Waals surface area contributed by atoms with E-state index in [4.69, 9.17) is 4.74 Å². The maximum absolute atomic E-state index is 12.0. The second-order valence-electron chi connectivity index (χ2n) is 6.27. The summed E-state index contributed by atoms with van der Waals surface area (Å²) in [5, 5.41) is 12.1. The van der Waals surface area contributed by atoms with Gasteiger partial charge < -0.3 is 15.2 Å². The average Bonchev–Trinajstić information content (AvgIpc) is 2.50. The highest BCUT2D eigenvalue weighted by molar-refractivity contribution is 5.84. The van der Waals surface area contributed by atoms with E-state index in [0.717, 1.165) is 12.0 Å². The van der Waals surface area contributed by atoms with Gasteiger partial charge in [-0.1, -0.05) is 44.2 Å². The molecule has 3 atom stereocenters. The highest BCUT2D eigenvalue weighted by Crippen LogP contribution is 2.36. The largest absolute Gasteiger partial charge is 0.480 e. The van der Waals surface area contributed by atoms with Crippen LogP contribution in [0.4, 0.5) is 4.79 Å². The number of carbonyl (C=O) groups is 2. The summed E-state index contributed by atoms with van der Waals surface area (Å²) < 4.78 is 5.15. The Kier molecular flexibility index (Phi) is 5.06. The molecule has 1 saturated carbocycles. The molecule has 1 aliphatic carbocycles. The quantitative estimate of drug-likeness (QED) is 0.895. The van der Waals surface area contributed by atoms with Gasteiger partial charge in [0, 0.05) is 0 Å². The predicted molar refractivity (Wildman–Crippen MR) is 82.3 cm³/mol. The van der Waals surface area contributed by atoms with Crippen LogP contribution in [0.15, 0.2) is 30.3 Å². The Morgan fingerprint density at radius 1 is 1.27 bits per heavy atom. The monoisotopic (exact) mass is 305 g/mol. The first kappa shape index (κ1) is 16.3. The first-order valence-corrected chi connectivity index (χ1v) is 7.65. The third-order valence-electron chi connectivity index (χ3n) is 4.63. The van der Waals surface area contributed by atoms with Gasteiger partial charge in [-0.25, -0.2) is 9.59 Å². The highest BCUT2D eigenvalue weighted by Gasteiger charge is 2.45. The Morgan fingerprint density at radius 2 is 1.95 bits per heavy atom. The van der Waals surface area contributed by atoms with E-state index in [0.29, 0.717) is 18.8 Å².